The van der Waals surface area contributed by atoms with E-state index in [9.17, 15) is 0 Å². The van der Waals surface area contributed by atoms with E-state index in [1.807, 2.05) is 6.08 Å². The Morgan fingerprint density at radius 3 is 2.68 bits per heavy atom. The smallest absolute Gasteiger partial charge is 0.137 e. The average Bonchev–Trinajstić information content (AvgIpc) is 3.11. The second-order valence-electron chi connectivity index (χ2n) is 6.64. The first-order chi connectivity index (χ1) is 13.7. The van der Waals surface area contributed by atoms with Gasteiger partial charge in [0.05, 0.1) is 25.2 Å². The maximum atomic E-state index is 8.73. The highest BCUT2D eigenvalue weighted by Gasteiger charge is 2.21. The summed E-state index contributed by atoms with van der Waals surface area (Å²) in [5.41, 5.74) is 9.23. The molecule has 148 valence electrons. The Kier molecular flexibility index (Phi) is 7.00. The van der Waals surface area contributed by atoms with Gasteiger partial charge in [-0.3, -0.25) is 0 Å². The zero-order valence-corrected chi connectivity index (χ0v) is 15.9. The van der Waals surface area contributed by atoms with Crippen molar-refractivity contribution in [3.05, 3.63) is 64.6 Å². The number of hydrogen-bond donors (Lipinski definition) is 4. The minimum Gasteiger partial charge on any atom is -0.403 e. The molecule has 5 N–H and O–H groups in total. The molecule has 0 unspecified atom stereocenters. The molecular weight excluding hydrogens is 354 g/mol. The van der Waals surface area contributed by atoms with E-state index in [0.717, 1.165) is 23.9 Å². The van der Waals surface area contributed by atoms with E-state index in [2.05, 4.69) is 51.4 Å². The largest absolute Gasteiger partial charge is 0.403 e. The van der Waals surface area contributed by atoms with Crippen LogP contribution in [0, 0.1) is 0 Å². The fraction of sp³-hybridized carbons (Fsp3) is 0.333. The Hall–Kier alpha value is -2.90. The Morgan fingerprint density at radius 2 is 2.00 bits per heavy atom. The number of allylic oxidation sites excluding steroid dienone is 1. The van der Waals surface area contributed by atoms with Crippen LogP contribution in [0.2, 0.25) is 0 Å². The molecule has 28 heavy (non-hydrogen) atoms. The number of benzene rings is 1. The second kappa shape index (κ2) is 9.87. The molecule has 0 bridgehead atoms. The maximum Gasteiger partial charge on any atom is 0.137 e. The summed E-state index contributed by atoms with van der Waals surface area (Å²) < 4.78 is 5.24. The Bertz CT molecular complexity index is 904. The number of nitrogens with one attached hydrogen (secondary N) is 2. The Labute approximate surface area is 164 Å². The van der Waals surface area contributed by atoms with E-state index < -0.39 is 0 Å². The number of fused-ring (bicyclic) bond motifs is 1. The van der Waals surface area contributed by atoms with Crippen molar-refractivity contribution in [2.75, 3.05) is 31.7 Å². The fourth-order valence-corrected chi connectivity index (χ4v) is 3.33. The third-order valence-corrected chi connectivity index (χ3v) is 4.62. The van der Waals surface area contributed by atoms with E-state index in [1.54, 1.807) is 0 Å². The van der Waals surface area contributed by atoms with Crippen molar-refractivity contribution < 1.29 is 9.84 Å². The molecule has 1 aliphatic carbocycles. The van der Waals surface area contributed by atoms with Gasteiger partial charge in [0.15, 0.2) is 0 Å². The summed E-state index contributed by atoms with van der Waals surface area (Å²) in [6.45, 7) is 5.46. The number of hydrogen-bond acceptors (Lipinski definition) is 7. The average molecular weight is 381 g/mol. The van der Waals surface area contributed by atoms with Crippen molar-refractivity contribution in [1.29, 1.82) is 0 Å². The molecule has 1 heterocycles. The molecule has 0 aliphatic heterocycles. The van der Waals surface area contributed by atoms with Crippen LogP contribution in [0.25, 0.3) is 12.3 Å². The lowest BCUT2D eigenvalue weighted by Crippen LogP contribution is -2.36. The number of aliphatic hydroxyl groups is 1. The van der Waals surface area contributed by atoms with Gasteiger partial charge < -0.3 is 26.2 Å². The van der Waals surface area contributed by atoms with Gasteiger partial charge in [-0.2, -0.15) is 0 Å². The quantitative estimate of drug-likeness (QED) is 0.440. The molecule has 7 nitrogen and oxygen atoms in total. The molecule has 0 saturated heterocycles. The van der Waals surface area contributed by atoms with Crippen molar-refractivity contribution in [3.8, 4) is 0 Å². The molecule has 1 aromatic heterocycles. The van der Waals surface area contributed by atoms with Crippen LogP contribution in [0.15, 0.2) is 42.9 Å². The number of ether oxygens (including phenoxy) is 1. The summed E-state index contributed by atoms with van der Waals surface area (Å²) in [6.07, 6.45) is 6.79. The van der Waals surface area contributed by atoms with Crippen LogP contribution in [0.4, 0.5) is 5.82 Å². The maximum absolute atomic E-state index is 8.73. The molecule has 3 rings (SSSR count). The van der Waals surface area contributed by atoms with Gasteiger partial charge in [-0.25, -0.2) is 9.97 Å². The summed E-state index contributed by atoms with van der Waals surface area (Å²) >= 11 is 0. The molecule has 0 amide bonds. The highest BCUT2D eigenvalue weighted by atomic mass is 16.5. The molecule has 1 aliphatic rings. The molecule has 1 aromatic carbocycles. The van der Waals surface area contributed by atoms with Crippen molar-refractivity contribution in [1.82, 2.24) is 15.3 Å². The monoisotopic (exact) mass is 381 g/mol. The van der Waals surface area contributed by atoms with Gasteiger partial charge in [0.25, 0.3) is 0 Å². The normalized spacial score (nSPS) is 14.9. The van der Waals surface area contributed by atoms with Gasteiger partial charge in [0.2, 0.25) is 0 Å². The number of aromatic nitrogens is 2. The third kappa shape index (κ3) is 5.09. The highest BCUT2D eigenvalue weighted by Crippen LogP contribution is 2.23. The van der Waals surface area contributed by atoms with Gasteiger partial charge >= 0.3 is 0 Å². The van der Waals surface area contributed by atoms with Crippen LogP contribution in [-0.4, -0.2) is 47.5 Å². The lowest BCUT2D eigenvalue weighted by Gasteiger charge is -2.14. The molecule has 2 aromatic rings. The van der Waals surface area contributed by atoms with Gasteiger partial charge in [-0.1, -0.05) is 30.8 Å². The zero-order valence-electron chi connectivity index (χ0n) is 15.9. The Morgan fingerprint density at radius 1 is 1.25 bits per heavy atom. The minimum absolute atomic E-state index is 0.0180. The lowest BCUT2D eigenvalue weighted by atomic mass is 10.1. The number of nitrogens with two attached hydrogens (primary N) is 1. The number of nitrogens with zero attached hydrogens (tertiary/aromatic N) is 2. The van der Waals surface area contributed by atoms with E-state index in [4.69, 9.17) is 15.6 Å². The first-order valence-corrected chi connectivity index (χ1v) is 9.40. The standard InChI is InChI=1S/C21H27N5O2/c1-15(23-6-8-28-9-7-27)10-19-20(13-22)24-14-25-21(19)26-18-11-16-4-2-3-5-17(16)12-18/h2-5,10,13-14,18,23,27H,1,6-9,11-12,22H2,(H,24,25,26)/b19-10+,20-13+. The van der Waals surface area contributed by atoms with Crippen LogP contribution in [0.1, 0.15) is 11.1 Å². The predicted octanol–water partition coefficient (Wildman–Crippen LogP) is -0.355. The van der Waals surface area contributed by atoms with Crippen molar-refractivity contribution in [2.45, 2.75) is 18.9 Å². The van der Waals surface area contributed by atoms with Gasteiger partial charge in [0, 0.05) is 29.7 Å². The van der Waals surface area contributed by atoms with E-state index >= 15 is 0 Å². The molecule has 0 radical (unpaired) electrons. The van der Waals surface area contributed by atoms with Crippen molar-refractivity contribution >= 4 is 18.1 Å². The molecule has 0 saturated carbocycles. The van der Waals surface area contributed by atoms with Gasteiger partial charge in [-0.05, 0) is 30.0 Å². The van der Waals surface area contributed by atoms with E-state index in [1.165, 1.54) is 23.7 Å². The SMILES string of the molecule is C=C(/C=c1/c(NC2Cc3ccccc3C2)ncn/c1=C/N)NCCOCCO. The van der Waals surface area contributed by atoms with Gasteiger partial charge in [-0.15, -0.1) is 0 Å². The first kappa shape index (κ1) is 19.9. The summed E-state index contributed by atoms with van der Waals surface area (Å²) in [6, 6.07) is 8.78. The van der Waals surface area contributed by atoms with Crippen LogP contribution >= 0.6 is 0 Å². The molecular formula is C21H27N5O2. The predicted molar refractivity (Wildman–Crippen MR) is 111 cm³/mol. The minimum atomic E-state index is 0.0180. The first-order valence-electron chi connectivity index (χ1n) is 9.40. The summed E-state index contributed by atoms with van der Waals surface area (Å²) in [7, 11) is 0. The van der Waals surface area contributed by atoms with Crippen LogP contribution in [-0.2, 0) is 17.6 Å². The third-order valence-electron chi connectivity index (χ3n) is 4.62. The van der Waals surface area contributed by atoms with E-state index in [0.29, 0.717) is 30.8 Å². The van der Waals surface area contributed by atoms with Crippen LogP contribution in [0.5, 0.6) is 0 Å². The van der Waals surface area contributed by atoms with E-state index in [-0.39, 0.29) is 12.6 Å². The zero-order chi connectivity index (χ0) is 19.8. The molecule has 0 atom stereocenters. The topological polar surface area (TPSA) is 105 Å². The van der Waals surface area contributed by atoms with Crippen LogP contribution in [0.3, 0.4) is 0 Å². The van der Waals surface area contributed by atoms with Crippen molar-refractivity contribution in [2.24, 2.45) is 5.73 Å². The lowest BCUT2D eigenvalue weighted by molar-refractivity contribution is 0.0951. The summed E-state index contributed by atoms with van der Waals surface area (Å²) in [5.74, 6) is 0.740. The van der Waals surface area contributed by atoms with Crippen molar-refractivity contribution in [3.63, 3.8) is 0 Å². The summed E-state index contributed by atoms with van der Waals surface area (Å²) in [5, 5.41) is 16.9. The van der Waals surface area contributed by atoms with Crippen LogP contribution < -0.4 is 26.9 Å². The molecule has 7 heteroatoms. The number of anilines is 1. The highest BCUT2D eigenvalue weighted by molar-refractivity contribution is 5.53. The molecule has 0 spiro atoms. The Balaban J connectivity index is 1.73. The number of aliphatic hydroxyl groups excluding tert-OH is 1. The summed E-state index contributed by atoms with van der Waals surface area (Å²) in [4.78, 5) is 8.70. The molecule has 0 fully saturated rings. The van der Waals surface area contributed by atoms with Gasteiger partial charge in [0.1, 0.15) is 12.1 Å². The number of rotatable bonds is 9. The fourth-order valence-electron chi connectivity index (χ4n) is 3.33. The second-order valence-corrected chi connectivity index (χ2v) is 6.64.